The lowest BCUT2D eigenvalue weighted by Gasteiger charge is -2.12. The summed E-state index contributed by atoms with van der Waals surface area (Å²) in [4.78, 5) is 33.8. The molecule has 0 heterocycles. The van der Waals surface area contributed by atoms with Crippen molar-refractivity contribution in [2.45, 2.75) is 32.3 Å². The summed E-state index contributed by atoms with van der Waals surface area (Å²) in [6.45, 7) is 5.16. The zero-order valence-corrected chi connectivity index (χ0v) is 10.3. The topological polar surface area (TPSA) is 69.7 Å². The Hall–Kier alpha value is -1.91. The van der Waals surface area contributed by atoms with E-state index in [4.69, 9.17) is 9.47 Å². The van der Waals surface area contributed by atoms with Gasteiger partial charge in [0.05, 0.1) is 6.42 Å². The first kappa shape index (κ1) is 14.2. The first-order valence-electron chi connectivity index (χ1n) is 5.74. The number of hydrogen-bond acceptors (Lipinski definition) is 5. The van der Waals surface area contributed by atoms with Crippen molar-refractivity contribution in [3.05, 3.63) is 24.3 Å². The van der Waals surface area contributed by atoms with Crippen molar-refractivity contribution in [1.82, 2.24) is 0 Å². The molecule has 0 saturated heterocycles. The molecule has 0 aliphatic heterocycles. The number of carbonyl (C=O) groups is 3. The van der Waals surface area contributed by atoms with Crippen molar-refractivity contribution >= 4 is 17.7 Å². The first-order chi connectivity index (χ1) is 8.52. The van der Waals surface area contributed by atoms with E-state index in [2.05, 4.69) is 6.58 Å². The van der Waals surface area contributed by atoms with Crippen LogP contribution in [0.3, 0.4) is 0 Å². The van der Waals surface area contributed by atoms with Crippen LogP contribution in [0, 0.1) is 0 Å². The Labute approximate surface area is 105 Å². The lowest BCUT2D eigenvalue weighted by molar-refractivity contribution is -0.151. The van der Waals surface area contributed by atoms with Gasteiger partial charge in [-0.05, 0) is 19.4 Å². The largest absolute Gasteiger partial charge is 0.461 e. The summed E-state index contributed by atoms with van der Waals surface area (Å²) in [5.41, 5.74) is 0.367. The van der Waals surface area contributed by atoms with E-state index in [9.17, 15) is 14.4 Å². The van der Waals surface area contributed by atoms with Crippen molar-refractivity contribution in [2.24, 2.45) is 0 Å². The van der Waals surface area contributed by atoms with E-state index < -0.39 is 18.0 Å². The molecule has 0 amide bonds. The van der Waals surface area contributed by atoms with Crippen molar-refractivity contribution in [1.29, 1.82) is 0 Å². The molecule has 0 radical (unpaired) electrons. The van der Waals surface area contributed by atoms with E-state index in [1.165, 1.54) is 12.2 Å². The van der Waals surface area contributed by atoms with E-state index in [1.807, 2.05) is 0 Å². The number of ketones is 1. The molecule has 0 aromatic rings. The molecule has 5 nitrogen and oxygen atoms in total. The molecule has 0 saturated carbocycles. The number of ether oxygens (including phenoxy) is 2. The predicted octanol–water partition coefficient (Wildman–Crippen LogP) is 1.33. The first-order valence-corrected chi connectivity index (χ1v) is 5.74. The maximum atomic E-state index is 11.6. The Morgan fingerprint density at radius 3 is 2.78 bits per heavy atom. The highest BCUT2D eigenvalue weighted by atomic mass is 16.6. The van der Waals surface area contributed by atoms with Crippen molar-refractivity contribution in [3.8, 4) is 0 Å². The van der Waals surface area contributed by atoms with Crippen molar-refractivity contribution in [3.63, 3.8) is 0 Å². The van der Waals surface area contributed by atoms with Gasteiger partial charge in [0.1, 0.15) is 12.7 Å². The van der Waals surface area contributed by atoms with Crippen LogP contribution in [0.15, 0.2) is 24.3 Å². The molecule has 0 fully saturated rings. The number of allylic oxidation sites excluding steroid dienone is 1. The Morgan fingerprint density at radius 2 is 2.22 bits per heavy atom. The lowest BCUT2D eigenvalue weighted by atomic mass is 10.2. The number of esters is 2. The summed E-state index contributed by atoms with van der Waals surface area (Å²) >= 11 is 0. The van der Waals surface area contributed by atoms with E-state index >= 15 is 0 Å². The van der Waals surface area contributed by atoms with Gasteiger partial charge in [0.25, 0.3) is 0 Å². The predicted molar refractivity (Wildman–Crippen MR) is 63.7 cm³/mol. The van der Waals surface area contributed by atoms with Crippen LogP contribution in [0.1, 0.15) is 26.2 Å². The molecular weight excluding hydrogens is 236 g/mol. The molecule has 0 unspecified atom stereocenters. The Morgan fingerprint density at radius 1 is 1.50 bits per heavy atom. The fourth-order valence-corrected chi connectivity index (χ4v) is 1.50. The molecule has 0 N–H and O–H groups in total. The molecule has 5 heteroatoms. The second kappa shape index (κ2) is 6.74. The van der Waals surface area contributed by atoms with Gasteiger partial charge in [0.2, 0.25) is 0 Å². The van der Waals surface area contributed by atoms with Crippen LogP contribution < -0.4 is 0 Å². The minimum absolute atomic E-state index is 0.0131. The molecule has 1 atom stereocenters. The maximum absolute atomic E-state index is 11.6. The van der Waals surface area contributed by atoms with Crippen LogP contribution in [-0.2, 0) is 23.9 Å². The third kappa shape index (κ3) is 4.53. The average Bonchev–Trinajstić information content (AvgIpc) is 2.73. The maximum Gasteiger partial charge on any atom is 0.334 e. The Bertz CT molecular complexity index is 394. The van der Waals surface area contributed by atoms with Crippen LogP contribution in [0.5, 0.6) is 0 Å². The van der Waals surface area contributed by atoms with Crippen LogP contribution in [0.4, 0.5) is 0 Å². The molecule has 0 spiro atoms. The van der Waals surface area contributed by atoms with Crippen molar-refractivity contribution in [2.75, 3.05) is 6.61 Å². The highest BCUT2D eigenvalue weighted by Gasteiger charge is 2.22. The van der Waals surface area contributed by atoms with Gasteiger partial charge in [-0.3, -0.25) is 9.59 Å². The van der Waals surface area contributed by atoms with Gasteiger partial charge >= 0.3 is 11.9 Å². The Balaban J connectivity index is 2.35. The molecule has 0 aromatic carbocycles. The third-order valence-corrected chi connectivity index (χ3v) is 2.36. The summed E-state index contributed by atoms with van der Waals surface area (Å²) in [5.74, 6) is -1.06. The normalized spacial score (nSPS) is 15.8. The lowest BCUT2D eigenvalue weighted by Crippen LogP contribution is -2.20. The third-order valence-electron chi connectivity index (χ3n) is 2.36. The fourth-order valence-electron chi connectivity index (χ4n) is 1.50. The van der Waals surface area contributed by atoms with Gasteiger partial charge in [-0.15, -0.1) is 0 Å². The van der Waals surface area contributed by atoms with Gasteiger partial charge < -0.3 is 9.47 Å². The van der Waals surface area contributed by atoms with Gasteiger partial charge in [0, 0.05) is 12.0 Å². The number of rotatable bonds is 6. The monoisotopic (exact) mass is 252 g/mol. The number of carbonyl (C=O) groups excluding carboxylic acids is 3. The summed E-state index contributed by atoms with van der Waals surface area (Å²) in [6.07, 6.45) is 2.92. The second-order valence-electron chi connectivity index (χ2n) is 4.03. The van der Waals surface area contributed by atoms with Gasteiger partial charge in [-0.1, -0.05) is 12.7 Å². The molecule has 98 valence electrons. The average molecular weight is 252 g/mol. The van der Waals surface area contributed by atoms with E-state index in [1.54, 1.807) is 6.92 Å². The van der Waals surface area contributed by atoms with E-state index in [0.29, 0.717) is 18.4 Å². The van der Waals surface area contributed by atoms with Gasteiger partial charge in [-0.2, -0.15) is 0 Å². The summed E-state index contributed by atoms with van der Waals surface area (Å²) in [7, 11) is 0. The molecule has 0 bridgehead atoms. The molecule has 1 rings (SSSR count). The highest BCUT2D eigenvalue weighted by Crippen LogP contribution is 2.17. The summed E-state index contributed by atoms with van der Waals surface area (Å²) < 4.78 is 9.82. The molecule has 0 aromatic heterocycles. The van der Waals surface area contributed by atoms with E-state index in [-0.39, 0.29) is 18.8 Å². The van der Waals surface area contributed by atoms with Gasteiger partial charge in [-0.25, -0.2) is 4.79 Å². The number of hydrogen-bond donors (Lipinski definition) is 0. The quantitative estimate of drug-likeness (QED) is 0.527. The van der Waals surface area contributed by atoms with Crippen LogP contribution in [-0.4, -0.2) is 30.4 Å². The zero-order chi connectivity index (χ0) is 13.5. The smallest absolute Gasteiger partial charge is 0.334 e. The minimum atomic E-state index is -0.577. The van der Waals surface area contributed by atoms with Crippen LogP contribution in [0.2, 0.25) is 0 Å². The second-order valence-corrected chi connectivity index (χ2v) is 4.03. The fraction of sp³-hybridized carbons (Fsp3) is 0.462. The summed E-state index contributed by atoms with van der Waals surface area (Å²) in [5, 5.41) is 0. The SMILES string of the molecule is C=CCOC(=O)C[C@@H](C)OC(=O)C1=CC(=O)CC1. The molecular formula is C13H16O5. The summed E-state index contributed by atoms with van der Waals surface area (Å²) in [6, 6.07) is 0. The van der Waals surface area contributed by atoms with Crippen LogP contribution >= 0.6 is 0 Å². The molecule has 1 aliphatic rings. The Kier molecular flexibility index (Phi) is 5.30. The molecule has 1 aliphatic carbocycles. The van der Waals surface area contributed by atoms with Gasteiger partial charge in [0.15, 0.2) is 5.78 Å². The zero-order valence-electron chi connectivity index (χ0n) is 10.3. The van der Waals surface area contributed by atoms with Crippen LogP contribution in [0.25, 0.3) is 0 Å². The van der Waals surface area contributed by atoms with E-state index in [0.717, 1.165) is 0 Å². The molecule has 18 heavy (non-hydrogen) atoms. The van der Waals surface area contributed by atoms with Crippen molar-refractivity contribution < 1.29 is 23.9 Å². The minimum Gasteiger partial charge on any atom is -0.461 e. The highest BCUT2D eigenvalue weighted by molar-refractivity contribution is 6.03. The standard InChI is InChI=1S/C13H16O5/c1-3-6-17-12(15)7-9(2)18-13(16)10-4-5-11(14)8-10/h3,8-9H,1,4-7H2,2H3/t9-/m1/s1.